The molecule has 0 fully saturated rings. The SMILES string of the molecule is Cc1cc(=O)oc2c(C(=O)Nc3ncc(S(=O)Cc4ncncc4F)s3)cccc12. The normalized spacial score (nSPS) is 12.1. The Bertz CT molecular complexity index is 1350. The maximum atomic E-state index is 13.7. The molecule has 0 radical (unpaired) electrons. The third-order valence-corrected chi connectivity index (χ3v) is 6.77. The minimum atomic E-state index is -1.60. The molecule has 11 heteroatoms. The fourth-order valence-corrected chi connectivity index (χ4v) is 4.85. The standard InChI is InChI=1S/C19H13FN4O4S2/c1-10-5-15(25)28-17-11(10)3-2-4-12(17)18(26)24-19-22-7-16(29-19)30(27)8-14-13(20)6-21-9-23-14/h2-7,9H,8H2,1H3,(H,22,24,26). The lowest BCUT2D eigenvalue weighted by molar-refractivity contribution is 0.102. The van der Waals surface area contributed by atoms with Crippen LogP contribution in [0.5, 0.6) is 0 Å². The van der Waals surface area contributed by atoms with E-state index in [-0.39, 0.29) is 27.7 Å². The number of para-hydroxylation sites is 1. The van der Waals surface area contributed by atoms with E-state index >= 15 is 0 Å². The largest absolute Gasteiger partial charge is 0.422 e. The lowest BCUT2D eigenvalue weighted by Gasteiger charge is -2.06. The van der Waals surface area contributed by atoms with Crippen molar-refractivity contribution in [3.8, 4) is 0 Å². The van der Waals surface area contributed by atoms with Crippen molar-refractivity contribution in [2.24, 2.45) is 0 Å². The summed E-state index contributed by atoms with van der Waals surface area (Å²) in [5, 5.41) is 3.47. The van der Waals surface area contributed by atoms with Gasteiger partial charge < -0.3 is 4.42 Å². The summed E-state index contributed by atoms with van der Waals surface area (Å²) in [6, 6.07) is 6.32. The van der Waals surface area contributed by atoms with Gasteiger partial charge >= 0.3 is 5.63 Å². The van der Waals surface area contributed by atoms with Gasteiger partial charge in [0.05, 0.1) is 40.2 Å². The van der Waals surface area contributed by atoms with Crippen LogP contribution in [0.25, 0.3) is 11.0 Å². The molecule has 4 aromatic rings. The van der Waals surface area contributed by atoms with Crippen LogP contribution in [-0.2, 0) is 16.6 Å². The van der Waals surface area contributed by atoms with Crippen LogP contribution < -0.4 is 10.9 Å². The molecule has 0 aliphatic carbocycles. The topological polar surface area (TPSA) is 115 Å². The van der Waals surface area contributed by atoms with Crippen LogP contribution in [0.2, 0.25) is 0 Å². The van der Waals surface area contributed by atoms with Crippen molar-refractivity contribution < 1.29 is 17.8 Å². The molecule has 152 valence electrons. The first-order valence-electron chi connectivity index (χ1n) is 8.56. The van der Waals surface area contributed by atoms with Gasteiger partial charge in [-0.25, -0.2) is 24.1 Å². The fraction of sp³-hybridized carbons (Fsp3) is 0.105. The number of hydrogen-bond acceptors (Lipinski definition) is 8. The van der Waals surface area contributed by atoms with E-state index in [0.29, 0.717) is 15.2 Å². The van der Waals surface area contributed by atoms with Gasteiger partial charge in [-0.1, -0.05) is 23.5 Å². The zero-order chi connectivity index (χ0) is 21.3. The van der Waals surface area contributed by atoms with Crippen LogP contribution in [0.1, 0.15) is 21.6 Å². The van der Waals surface area contributed by atoms with E-state index in [4.69, 9.17) is 4.42 Å². The molecule has 1 aromatic carbocycles. The van der Waals surface area contributed by atoms with Gasteiger partial charge in [-0.2, -0.15) is 0 Å². The van der Waals surface area contributed by atoms with E-state index in [1.54, 1.807) is 19.1 Å². The van der Waals surface area contributed by atoms with Crippen LogP contribution >= 0.6 is 11.3 Å². The highest BCUT2D eigenvalue weighted by Crippen LogP contribution is 2.26. The number of nitrogens with one attached hydrogen (secondary N) is 1. The van der Waals surface area contributed by atoms with E-state index in [9.17, 15) is 18.2 Å². The number of hydrogen-bond donors (Lipinski definition) is 1. The first-order valence-corrected chi connectivity index (χ1v) is 10.7. The molecule has 30 heavy (non-hydrogen) atoms. The lowest BCUT2D eigenvalue weighted by Crippen LogP contribution is -2.13. The summed E-state index contributed by atoms with van der Waals surface area (Å²) in [5.41, 5.74) is 0.529. The number of fused-ring (bicyclic) bond motifs is 1. The highest BCUT2D eigenvalue weighted by atomic mass is 32.2. The number of thiazole rings is 1. The molecule has 0 saturated heterocycles. The van der Waals surface area contributed by atoms with Crippen molar-refractivity contribution in [3.63, 3.8) is 0 Å². The second-order valence-electron chi connectivity index (χ2n) is 6.18. The number of benzene rings is 1. The van der Waals surface area contributed by atoms with E-state index in [1.165, 1.54) is 24.7 Å². The van der Waals surface area contributed by atoms with Gasteiger partial charge in [0.15, 0.2) is 16.5 Å². The highest BCUT2D eigenvalue weighted by Gasteiger charge is 2.18. The molecule has 1 atom stereocenters. The third kappa shape index (κ3) is 4.02. The summed E-state index contributed by atoms with van der Waals surface area (Å²) in [5.74, 6) is -1.31. The van der Waals surface area contributed by atoms with Crippen molar-refractivity contribution in [1.29, 1.82) is 0 Å². The summed E-state index contributed by atoms with van der Waals surface area (Å²) < 4.78 is 31.7. The van der Waals surface area contributed by atoms with Gasteiger partial charge in [0.25, 0.3) is 5.91 Å². The molecule has 1 N–H and O–H groups in total. The molecule has 4 rings (SSSR count). The summed E-state index contributed by atoms with van der Waals surface area (Å²) in [6.07, 6.45) is 3.53. The molecule has 0 bridgehead atoms. The number of carbonyl (C=O) groups is 1. The van der Waals surface area contributed by atoms with Gasteiger partial charge in [0.2, 0.25) is 0 Å². The van der Waals surface area contributed by atoms with E-state index in [1.807, 2.05) is 0 Å². The molecule has 3 aromatic heterocycles. The Kier molecular flexibility index (Phi) is 5.46. The van der Waals surface area contributed by atoms with Crippen LogP contribution in [0.4, 0.5) is 9.52 Å². The van der Waals surface area contributed by atoms with Crippen LogP contribution in [-0.4, -0.2) is 25.1 Å². The van der Waals surface area contributed by atoms with E-state index in [0.717, 1.165) is 17.5 Å². The second-order valence-corrected chi connectivity index (χ2v) is 8.89. The second kappa shape index (κ2) is 8.20. The minimum absolute atomic E-state index is 0.0310. The number of aromatic nitrogens is 3. The molecule has 8 nitrogen and oxygen atoms in total. The average Bonchev–Trinajstić information content (AvgIpc) is 3.18. The molecule has 3 heterocycles. The van der Waals surface area contributed by atoms with Gasteiger partial charge in [-0.05, 0) is 18.6 Å². The maximum absolute atomic E-state index is 13.7. The van der Waals surface area contributed by atoms with Crippen LogP contribution in [0, 0.1) is 12.7 Å². The van der Waals surface area contributed by atoms with Crippen molar-refractivity contribution in [2.75, 3.05) is 5.32 Å². The van der Waals surface area contributed by atoms with Crippen molar-refractivity contribution >= 4 is 44.1 Å². The van der Waals surface area contributed by atoms with Gasteiger partial charge in [-0.15, -0.1) is 0 Å². The Morgan fingerprint density at radius 1 is 1.30 bits per heavy atom. The molecular weight excluding hydrogens is 431 g/mol. The molecule has 1 unspecified atom stereocenters. The molecule has 1 amide bonds. The summed E-state index contributed by atoms with van der Waals surface area (Å²) in [7, 11) is -1.60. The molecular formula is C19H13FN4O4S2. The number of rotatable bonds is 5. The average molecular weight is 444 g/mol. The van der Waals surface area contributed by atoms with E-state index < -0.39 is 28.1 Å². The first-order chi connectivity index (χ1) is 14.4. The van der Waals surface area contributed by atoms with Gasteiger partial charge in [0, 0.05) is 11.5 Å². The number of anilines is 1. The molecule has 0 aliphatic heterocycles. The van der Waals surface area contributed by atoms with Crippen molar-refractivity contribution in [2.45, 2.75) is 16.9 Å². The van der Waals surface area contributed by atoms with Gasteiger partial charge in [-0.3, -0.25) is 14.3 Å². The summed E-state index contributed by atoms with van der Waals surface area (Å²) >= 11 is 0.999. The van der Waals surface area contributed by atoms with Crippen molar-refractivity contribution in [1.82, 2.24) is 15.0 Å². The molecule has 0 spiro atoms. The quantitative estimate of drug-likeness (QED) is 0.471. The Hall–Kier alpha value is -3.31. The van der Waals surface area contributed by atoms with Crippen LogP contribution in [0.15, 0.2) is 56.4 Å². The van der Waals surface area contributed by atoms with Crippen molar-refractivity contribution in [3.05, 3.63) is 76.0 Å². The molecule has 0 aliphatic rings. The number of halogens is 1. The Morgan fingerprint density at radius 2 is 2.13 bits per heavy atom. The van der Waals surface area contributed by atoms with Crippen LogP contribution in [0.3, 0.4) is 0 Å². The molecule has 0 saturated carbocycles. The Balaban J connectivity index is 1.55. The zero-order valence-electron chi connectivity index (χ0n) is 15.4. The summed E-state index contributed by atoms with van der Waals surface area (Å²) in [6.45, 7) is 1.75. The predicted octanol–water partition coefficient (Wildman–Crippen LogP) is 3.05. The fourth-order valence-electron chi connectivity index (χ4n) is 2.75. The van der Waals surface area contributed by atoms with Gasteiger partial charge in [0.1, 0.15) is 10.5 Å². The zero-order valence-corrected chi connectivity index (χ0v) is 17.1. The maximum Gasteiger partial charge on any atom is 0.336 e. The monoisotopic (exact) mass is 444 g/mol. The highest BCUT2D eigenvalue weighted by molar-refractivity contribution is 7.86. The number of nitrogens with zero attached hydrogens (tertiary/aromatic N) is 3. The lowest BCUT2D eigenvalue weighted by atomic mass is 10.1. The number of carbonyl (C=O) groups excluding carboxylic acids is 1. The first kappa shape index (κ1) is 20.0. The Morgan fingerprint density at radius 3 is 2.93 bits per heavy atom. The third-order valence-electron chi connectivity index (χ3n) is 4.16. The number of aryl methyl sites for hydroxylation is 1. The minimum Gasteiger partial charge on any atom is -0.422 e. The smallest absolute Gasteiger partial charge is 0.336 e. The number of amides is 1. The van der Waals surface area contributed by atoms with E-state index in [2.05, 4.69) is 20.3 Å². The summed E-state index contributed by atoms with van der Waals surface area (Å²) in [4.78, 5) is 35.8. The Labute approximate surface area is 175 Å². The predicted molar refractivity (Wildman–Crippen MR) is 109 cm³/mol.